The number of unbranched alkanes of at least 4 members (excludes halogenated alkanes) is 2. The molecule has 7 nitrogen and oxygen atoms in total. The number of ether oxygens (including phenoxy) is 1. The fraction of sp³-hybridized carbons (Fsp3) is 0.417. The monoisotopic (exact) mass is 490 g/mol. The molecule has 1 aromatic heterocycles. The number of hydrogen-bond acceptors (Lipinski definition) is 5. The van der Waals surface area contributed by atoms with E-state index in [1.165, 1.54) is 0 Å². The third-order valence-electron chi connectivity index (χ3n) is 5.38. The van der Waals surface area contributed by atoms with Crippen molar-refractivity contribution in [3.63, 3.8) is 0 Å². The first kappa shape index (κ1) is 25.2. The van der Waals surface area contributed by atoms with Gasteiger partial charge in [-0.25, -0.2) is 4.98 Å². The SMILES string of the molecule is CCCCCN(C(=O)c1ccc2nc(C)n(Cc3ccc(OCCC)cc3Cl)c2c1)S(=O)[O-]. The minimum absolute atomic E-state index is 0.168. The third kappa shape index (κ3) is 6.13. The zero-order valence-corrected chi connectivity index (χ0v) is 20.7. The van der Waals surface area contributed by atoms with Gasteiger partial charge in [0.15, 0.2) is 0 Å². The molecule has 0 N–H and O–H groups in total. The second kappa shape index (κ2) is 11.6. The standard InChI is InChI=1S/C24H30ClN3O4S/c1-4-6-7-12-28(33(30)31)24(29)18-9-11-22-23(14-18)27(17(3)26-22)16-19-8-10-20(15-21(19)25)32-13-5-2/h8-11,14-15H,4-7,12-13,16H2,1-3H3,(H,30,31)/p-1. The Morgan fingerprint density at radius 2 is 1.97 bits per heavy atom. The molecule has 0 fully saturated rings. The lowest BCUT2D eigenvalue weighted by Crippen LogP contribution is -2.33. The van der Waals surface area contributed by atoms with Gasteiger partial charge < -0.3 is 13.9 Å². The topological polar surface area (TPSA) is 87.5 Å². The minimum Gasteiger partial charge on any atom is -0.755 e. The highest BCUT2D eigenvalue weighted by atomic mass is 35.5. The van der Waals surface area contributed by atoms with E-state index >= 15 is 0 Å². The van der Waals surface area contributed by atoms with Gasteiger partial charge in [0, 0.05) is 28.4 Å². The predicted octanol–water partition coefficient (Wildman–Crippen LogP) is 5.26. The van der Waals surface area contributed by atoms with Crippen molar-refractivity contribution in [2.24, 2.45) is 0 Å². The number of rotatable bonds is 11. The predicted molar refractivity (Wildman–Crippen MR) is 130 cm³/mol. The summed E-state index contributed by atoms with van der Waals surface area (Å²) in [5.41, 5.74) is 2.66. The van der Waals surface area contributed by atoms with E-state index in [-0.39, 0.29) is 6.54 Å². The lowest BCUT2D eigenvalue weighted by atomic mass is 10.1. The molecule has 178 valence electrons. The van der Waals surface area contributed by atoms with Crippen LogP contribution in [0.1, 0.15) is 61.3 Å². The van der Waals surface area contributed by atoms with Gasteiger partial charge in [-0.3, -0.25) is 13.3 Å². The summed E-state index contributed by atoms with van der Waals surface area (Å²) in [5, 5.41) is 0.584. The number of halogens is 1. The molecule has 0 spiro atoms. The van der Waals surface area contributed by atoms with Gasteiger partial charge in [-0.15, -0.1) is 0 Å². The van der Waals surface area contributed by atoms with Crippen molar-refractivity contribution >= 4 is 39.8 Å². The number of aromatic nitrogens is 2. The van der Waals surface area contributed by atoms with Gasteiger partial charge in [0.05, 0.1) is 24.2 Å². The number of fused-ring (bicyclic) bond motifs is 1. The number of carbonyl (C=O) groups excluding carboxylic acids is 1. The Morgan fingerprint density at radius 1 is 1.18 bits per heavy atom. The Morgan fingerprint density at radius 3 is 2.64 bits per heavy atom. The van der Waals surface area contributed by atoms with Crippen LogP contribution < -0.4 is 4.74 Å². The summed E-state index contributed by atoms with van der Waals surface area (Å²) in [6.45, 7) is 7.21. The van der Waals surface area contributed by atoms with E-state index < -0.39 is 17.2 Å². The second-order valence-electron chi connectivity index (χ2n) is 7.88. The summed E-state index contributed by atoms with van der Waals surface area (Å²) in [7, 11) is 0. The van der Waals surface area contributed by atoms with Gasteiger partial charge in [0.1, 0.15) is 11.6 Å². The molecule has 0 saturated carbocycles. The van der Waals surface area contributed by atoms with E-state index in [1.54, 1.807) is 24.3 Å². The molecular weight excluding hydrogens is 462 g/mol. The Hall–Kier alpha value is -2.42. The van der Waals surface area contributed by atoms with Crippen molar-refractivity contribution in [2.45, 2.75) is 53.0 Å². The maximum atomic E-state index is 12.9. The van der Waals surface area contributed by atoms with Crippen molar-refractivity contribution in [3.8, 4) is 5.75 Å². The molecule has 0 bridgehead atoms. The molecule has 1 heterocycles. The molecule has 0 saturated heterocycles. The van der Waals surface area contributed by atoms with E-state index in [0.29, 0.717) is 30.2 Å². The maximum absolute atomic E-state index is 12.9. The van der Waals surface area contributed by atoms with Crippen molar-refractivity contribution in [3.05, 3.63) is 58.4 Å². The number of imidazole rings is 1. The Bertz CT molecular complexity index is 1150. The first-order valence-corrected chi connectivity index (χ1v) is 12.6. The van der Waals surface area contributed by atoms with Crippen LogP contribution in [0.4, 0.5) is 0 Å². The fourth-order valence-corrected chi connectivity index (χ4v) is 4.35. The number of aryl methyl sites for hydroxylation is 1. The fourth-order valence-electron chi connectivity index (χ4n) is 3.61. The lowest BCUT2D eigenvalue weighted by Gasteiger charge is -2.24. The molecule has 3 aromatic rings. The van der Waals surface area contributed by atoms with Gasteiger partial charge in [-0.05, 0) is 55.7 Å². The molecule has 1 amide bonds. The minimum atomic E-state index is -2.63. The molecule has 0 aliphatic carbocycles. The average Bonchev–Trinajstić information content (AvgIpc) is 3.10. The summed E-state index contributed by atoms with van der Waals surface area (Å²) in [5.74, 6) is 0.950. The third-order valence-corrected chi connectivity index (χ3v) is 6.44. The molecule has 0 aliphatic heterocycles. The molecule has 1 atom stereocenters. The van der Waals surface area contributed by atoms with Crippen molar-refractivity contribution in [1.82, 2.24) is 13.9 Å². The van der Waals surface area contributed by atoms with Gasteiger partial charge in [0.2, 0.25) is 0 Å². The van der Waals surface area contributed by atoms with Crippen LogP contribution in [-0.2, 0) is 17.8 Å². The van der Waals surface area contributed by atoms with Crippen LogP contribution >= 0.6 is 11.6 Å². The van der Waals surface area contributed by atoms with Gasteiger partial charge in [-0.2, -0.15) is 0 Å². The quantitative estimate of drug-likeness (QED) is 0.270. The number of amides is 1. The average molecular weight is 491 g/mol. The summed E-state index contributed by atoms with van der Waals surface area (Å²) in [6, 6.07) is 10.7. The van der Waals surface area contributed by atoms with Crippen molar-refractivity contribution in [2.75, 3.05) is 13.2 Å². The molecule has 0 radical (unpaired) electrons. The molecular formula is C24H29ClN3O4S-. The normalized spacial score (nSPS) is 12.2. The van der Waals surface area contributed by atoms with Crippen LogP contribution in [0, 0.1) is 6.92 Å². The van der Waals surface area contributed by atoms with E-state index in [0.717, 1.165) is 51.7 Å². The Balaban J connectivity index is 1.90. The smallest absolute Gasteiger partial charge is 0.264 e. The number of benzene rings is 2. The van der Waals surface area contributed by atoms with Crippen LogP contribution in [-0.4, -0.2) is 41.7 Å². The molecule has 9 heteroatoms. The zero-order valence-electron chi connectivity index (χ0n) is 19.2. The lowest BCUT2D eigenvalue weighted by molar-refractivity contribution is 0.0857. The van der Waals surface area contributed by atoms with Crippen molar-refractivity contribution in [1.29, 1.82) is 0 Å². The van der Waals surface area contributed by atoms with Gasteiger partial charge in [-0.1, -0.05) is 44.4 Å². The van der Waals surface area contributed by atoms with Crippen LogP contribution in [0.15, 0.2) is 36.4 Å². The molecule has 1 unspecified atom stereocenters. The number of hydrogen-bond donors (Lipinski definition) is 0. The zero-order chi connectivity index (χ0) is 24.0. The first-order chi connectivity index (χ1) is 15.8. The van der Waals surface area contributed by atoms with E-state index in [1.807, 2.05) is 37.5 Å². The number of nitrogens with zero attached hydrogens (tertiary/aromatic N) is 3. The molecule has 0 aliphatic rings. The Labute approximate surface area is 202 Å². The van der Waals surface area contributed by atoms with Gasteiger partial charge in [0.25, 0.3) is 5.91 Å². The van der Waals surface area contributed by atoms with Crippen LogP contribution in [0.25, 0.3) is 11.0 Å². The summed E-state index contributed by atoms with van der Waals surface area (Å²) in [6.07, 6.45) is 3.34. The summed E-state index contributed by atoms with van der Waals surface area (Å²) in [4.78, 5) is 17.5. The highest BCUT2D eigenvalue weighted by Crippen LogP contribution is 2.26. The second-order valence-corrected chi connectivity index (χ2v) is 9.16. The van der Waals surface area contributed by atoms with E-state index in [9.17, 15) is 13.6 Å². The maximum Gasteiger partial charge on any atom is 0.264 e. The largest absolute Gasteiger partial charge is 0.755 e. The van der Waals surface area contributed by atoms with Crippen molar-refractivity contribution < 1.29 is 18.3 Å². The summed E-state index contributed by atoms with van der Waals surface area (Å²) >= 11 is 3.88. The van der Waals surface area contributed by atoms with Crippen LogP contribution in [0.2, 0.25) is 5.02 Å². The van der Waals surface area contributed by atoms with E-state index in [4.69, 9.17) is 16.3 Å². The molecule has 2 aromatic carbocycles. The Kier molecular flexibility index (Phi) is 8.88. The van der Waals surface area contributed by atoms with Gasteiger partial charge >= 0.3 is 0 Å². The highest BCUT2D eigenvalue weighted by Gasteiger charge is 2.19. The van der Waals surface area contributed by atoms with E-state index in [2.05, 4.69) is 4.98 Å². The first-order valence-electron chi connectivity index (χ1n) is 11.1. The molecule has 3 rings (SSSR count). The van der Waals surface area contributed by atoms with Crippen LogP contribution in [0.5, 0.6) is 5.75 Å². The molecule has 33 heavy (non-hydrogen) atoms. The number of carbonyl (C=O) groups is 1. The highest BCUT2D eigenvalue weighted by molar-refractivity contribution is 7.77. The van der Waals surface area contributed by atoms with Crippen LogP contribution in [0.3, 0.4) is 0 Å². The summed E-state index contributed by atoms with van der Waals surface area (Å²) < 4.78 is 31.9.